The van der Waals surface area contributed by atoms with Crippen molar-refractivity contribution in [2.24, 2.45) is 11.1 Å². The van der Waals surface area contributed by atoms with Crippen LogP contribution < -0.4 is 11.1 Å². The largest absolute Gasteiger partial charge is 0.350 e. The van der Waals surface area contributed by atoms with Crippen LogP contribution in [0.15, 0.2) is 0 Å². The minimum atomic E-state index is -0.459. The predicted octanol–water partition coefficient (Wildman–Crippen LogP) is 1.99. The zero-order valence-electron chi connectivity index (χ0n) is 14.1. The van der Waals surface area contributed by atoms with E-state index < -0.39 is 5.41 Å². The van der Waals surface area contributed by atoms with E-state index in [1.807, 2.05) is 20.8 Å². The highest BCUT2D eigenvalue weighted by Gasteiger charge is 2.39. The van der Waals surface area contributed by atoms with Crippen molar-refractivity contribution in [2.45, 2.75) is 59.0 Å². The molecule has 1 aliphatic rings. The predicted molar refractivity (Wildman–Crippen MR) is 95.2 cm³/mol. The first-order valence-electron chi connectivity index (χ1n) is 7.70. The summed E-state index contributed by atoms with van der Waals surface area (Å²) < 4.78 is 0. The molecule has 0 spiro atoms. The highest BCUT2D eigenvalue weighted by Crippen LogP contribution is 2.27. The van der Waals surface area contributed by atoms with E-state index >= 15 is 0 Å². The van der Waals surface area contributed by atoms with Crippen molar-refractivity contribution in [1.29, 1.82) is 0 Å². The molecule has 0 aromatic carbocycles. The number of nitrogens with zero attached hydrogens (tertiary/aromatic N) is 1. The first-order valence-corrected chi connectivity index (χ1v) is 8.86. The molecular weight excluding hydrogens is 322 g/mol. The van der Waals surface area contributed by atoms with Crippen LogP contribution in [0.5, 0.6) is 0 Å². The Morgan fingerprint density at radius 3 is 2.55 bits per heavy atom. The van der Waals surface area contributed by atoms with E-state index in [9.17, 15) is 9.59 Å². The number of nitrogens with one attached hydrogen (secondary N) is 1. The van der Waals surface area contributed by atoms with Gasteiger partial charge in [-0.05, 0) is 6.42 Å². The van der Waals surface area contributed by atoms with Crippen molar-refractivity contribution < 1.29 is 9.59 Å². The van der Waals surface area contributed by atoms with Gasteiger partial charge in [-0.3, -0.25) is 9.59 Å². The number of rotatable bonds is 6. The highest BCUT2D eigenvalue weighted by atomic mass is 35.5. The van der Waals surface area contributed by atoms with Crippen LogP contribution >= 0.6 is 24.2 Å². The van der Waals surface area contributed by atoms with Crippen molar-refractivity contribution in [3.8, 4) is 0 Å². The molecule has 7 heteroatoms. The summed E-state index contributed by atoms with van der Waals surface area (Å²) in [4.78, 5) is 26.6. The van der Waals surface area contributed by atoms with Gasteiger partial charge in [-0.25, -0.2) is 0 Å². The maximum Gasteiger partial charge on any atom is 0.243 e. The van der Waals surface area contributed by atoms with E-state index in [1.165, 1.54) is 0 Å². The maximum absolute atomic E-state index is 12.4. The first kappa shape index (κ1) is 21.5. The number of amides is 2. The maximum atomic E-state index is 12.4. The fourth-order valence-electron chi connectivity index (χ4n) is 2.29. The van der Waals surface area contributed by atoms with Gasteiger partial charge in [0, 0.05) is 23.8 Å². The topological polar surface area (TPSA) is 75.4 Å². The second-order valence-electron chi connectivity index (χ2n) is 6.62. The average Bonchev–Trinajstić information content (AvgIpc) is 2.90. The smallest absolute Gasteiger partial charge is 0.243 e. The lowest BCUT2D eigenvalue weighted by atomic mass is 9.94. The molecule has 0 radical (unpaired) electrons. The van der Waals surface area contributed by atoms with Crippen LogP contribution in [0.4, 0.5) is 0 Å². The van der Waals surface area contributed by atoms with E-state index in [2.05, 4.69) is 12.2 Å². The number of thioether (sulfide) groups is 1. The standard InChI is InChI=1S/C15H29N3O2S.ClH/c1-5-6-7-11(8-16)17-13(19)12-9-21-10-18(12)14(20)15(2,3)4;/h11-12H,5-10,16H2,1-4H3,(H,17,19);1H. The number of nitrogens with two attached hydrogens (primary N) is 1. The third-order valence-corrected chi connectivity index (χ3v) is 4.64. The molecule has 22 heavy (non-hydrogen) atoms. The molecule has 3 N–H and O–H groups in total. The first-order chi connectivity index (χ1) is 9.81. The van der Waals surface area contributed by atoms with E-state index in [0.29, 0.717) is 18.2 Å². The Bertz CT molecular complexity index is 374. The van der Waals surface area contributed by atoms with E-state index in [-0.39, 0.29) is 36.3 Å². The van der Waals surface area contributed by atoms with Crippen LogP contribution in [-0.2, 0) is 9.59 Å². The van der Waals surface area contributed by atoms with Gasteiger partial charge in [0.05, 0.1) is 5.88 Å². The summed E-state index contributed by atoms with van der Waals surface area (Å²) in [5.41, 5.74) is 5.26. The Morgan fingerprint density at radius 1 is 1.41 bits per heavy atom. The minimum Gasteiger partial charge on any atom is -0.350 e. The molecule has 1 heterocycles. The summed E-state index contributed by atoms with van der Waals surface area (Å²) in [7, 11) is 0. The molecule has 130 valence electrons. The lowest BCUT2D eigenvalue weighted by molar-refractivity contribution is -0.144. The van der Waals surface area contributed by atoms with E-state index in [0.717, 1.165) is 19.3 Å². The number of hydrogen-bond donors (Lipinski definition) is 2. The van der Waals surface area contributed by atoms with Crippen LogP contribution in [0.2, 0.25) is 0 Å². The number of carbonyl (C=O) groups excluding carboxylic acids is 2. The van der Waals surface area contributed by atoms with Crippen LogP contribution in [0.1, 0.15) is 47.0 Å². The second-order valence-corrected chi connectivity index (χ2v) is 7.62. The molecule has 1 fully saturated rings. The number of carbonyl (C=O) groups is 2. The van der Waals surface area contributed by atoms with Gasteiger partial charge in [0.1, 0.15) is 6.04 Å². The second kappa shape index (κ2) is 9.63. The zero-order chi connectivity index (χ0) is 16.0. The number of halogens is 1. The summed E-state index contributed by atoms with van der Waals surface area (Å²) in [6, 6.07) is -0.355. The van der Waals surface area contributed by atoms with Crippen LogP contribution in [0, 0.1) is 5.41 Å². The van der Waals surface area contributed by atoms with Crippen molar-refractivity contribution in [1.82, 2.24) is 10.2 Å². The lowest BCUT2D eigenvalue weighted by Gasteiger charge is -2.30. The van der Waals surface area contributed by atoms with Gasteiger partial charge in [-0.2, -0.15) is 0 Å². The minimum absolute atomic E-state index is 0. The molecule has 0 aromatic heterocycles. The van der Waals surface area contributed by atoms with Crippen LogP contribution in [0.3, 0.4) is 0 Å². The molecule has 2 unspecified atom stereocenters. The van der Waals surface area contributed by atoms with Gasteiger partial charge in [0.15, 0.2) is 0 Å². The summed E-state index contributed by atoms with van der Waals surface area (Å²) in [5.74, 6) is 1.23. The quantitative estimate of drug-likeness (QED) is 0.767. The van der Waals surface area contributed by atoms with Crippen molar-refractivity contribution in [3.63, 3.8) is 0 Å². The fourth-order valence-corrected chi connectivity index (χ4v) is 3.44. The third-order valence-electron chi connectivity index (χ3n) is 3.62. The number of hydrogen-bond acceptors (Lipinski definition) is 4. The molecular formula is C15H30ClN3O2S. The van der Waals surface area contributed by atoms with Gasteiger partial charge < -0.3 is 16.0 Å². The Hall–Kier alpha value is -0.460. The molecule has 2 atom stereocenters. The van der Waals surface area contributed by atoms with Crippen LogP contribution in [0.25, 0.3) is 0 Å². The van der Waals surface area contributed by atoms with Crippen LogP contribution in [-0.4, -0.2) is 47.0 Å². The highest BCUT2D eigenvalue weighted by molar-refractivity contribution is 7.99. The number of unbranched alkanes of at least 4 members (excludes halogenated alkanes) is 1. The molecule has 0 saturated carbocycles. The van der Waals surface area contributed by atoms with Gasteiger partial charge in [-0.15, -0.1) is 24.2 Å². The Labute approximate surface area is 144 Å². The Morgan fingerprint density at radius 2 is 2.05 bits per heavy atom. The van der Waals surface area contributed by atoms with Gasteiger partial charge >= 0.3 is 0 Å². The Balaban J connectivity index is 0.00000441. The van der Waals surface area contributed by atoms with E-state index in [4.69, 9.17) is 5.73 Å². The molecule has 0 bridgehead atoms. The summed E-state index contributed by atoms with van der Waals surface area (Å²) in [6.45, 7) is 8.22. The molecule has 2 amide bonds. The van der Waals surface area contributed by atoms with Gasteiger partial charge in [-0.1, -0.05) is 40.5 Å². The molecule has 1 saturated heterocycles. The lowest BCUT2D eigenvalue weighted by Crippen LogP contribution is -2.53. The molecule has 0 aliphatic carbocycles. The Kier molecular flexibility index (Phi) is 9.43. The SMILES string of the molecule is CCCCC(CN)NC(=O)C1CSCN1C(=O)C(C)(C)C.Cl. The monoisotopic (exact) mass is 351 g/mol. The zero-order valence-corrected chi connectivity index (χ0v) is 15.7. The summed E-state index contributed by atoms with van der Waals surface area (Å²) in [6.07, 6.45) is 3.03. The fraction of sp³-hybridized carbons (Fsp3) is 0.867. The van der Waals surface area contributed by atoms with E-state index in [1.54, 1.807) is 16.7 Å². The third kappa shape index (κ3) is 5.97. The average molecular weight is 352 g/mol. The summed E-state index contributed by atoms with van der Waals surface area (Å²) in [5, 5.41) is 3.01. The van der Waals surface area contributed by atoms with Crippen molar-refractivity contribution in [2.75, 3.05) is 18.2 Å². The molecule has 1 rings (SSSR count). The normalized spacial score (nSPS) is 19.5. The molecule has 0 aromatic rings. The molecule has 1 aliphatic heterocycles. The van der Waals surface area contributed by atoms with Crippen molar-refractivity contribution >= 4 is 36.0 Å². The van der Waals surface area contributed by atoms with Crippen molar-refractivity contribution in [3.05, 3.63) is 0 Å². The summed E-state index contributed by atoms with van der Waals surface area (Å²) >= 11 is 1.63. The molecule has 5 nitrogen and oxygen atoms in total. The van der Waals surface area contributed by atoms with Gasteiger partial charge in [0.25, 0.3) is 0 Å². The van der Waals surface area contributed by atoms with Gasteiger partial charge in [0.2, 0.25) is 11.8 Å².